The Morgan fingerprint density at radius 1 is 1.35 bits per heavy atom. The highest BCUT2D eigenvalue weighted by Crippen LogP contribution is 2.31. The van der Waals surface area contributed by atoms with Crippen molar-refractivity contribution >= 4 is 17.6 Å². The molecule has 0 atom stereocenters. The molecule has 1 aliphatic rings. The molecule has 0 bridgehead atoms. The molecule has 1 aromatic heterocycles. The first-order valence-corrected chi connectivity index (χ1v) is 7.74. The summed E-state index contributed by atoms with van der Waals surface area (Å²) >= 11 is 2.10. The first-order chi connectivity index (χ1) is 8.38. The summed E-state index contributed by atoms with van der Waals surface area (Å²) in [5, 5.41) is 4.20. The van der Waals surface area contributed by atoms with Crippen LogP contribution in [0, 0.1) is 0 Å². The molecule has 17 heavy (non-hydrogen) atoms. The van der Waals surface area contributed by atoms with Gasteiger partial charge in [0.05, 0.1) is 0 Å². The highest BCUT2D eigenvalue weighted by Gasteiger charge is 2.14. The van der Waals surface area contributed by atoms with Gasteiger partial charge in [-0.3, -0.25) is 0 Å². The van der Waals surface area contributed by atoms with E-state index in [0.717, 1.165) is 29.8 Å². The van der Waals surface area contributed by atoms with Crippen molar-refractivity contribution in [1.29, 1.82) is 0 Å². The minimum Gasteiger partial charge on any atom is -0.370 e. The zero-order chi connectivity index (χ0) is 11.9. The Balaban J connectivity index is 1.76. The third-order valence-corrected chi connectivity index (χ3v) is 4.61. The number of thioether (sulfide) groups is 1. The Labute approximate surface area is 109 Å². The Morgan fingerprint density at radius 3 is 2.82 bits per heavy atom. The molecule has 0 amide bonds. The van der Waals surface area contributed by atoms with E-state index in [1.54, 1.807) is 0 Å². The molecule has 1 N–H and O–H groups in total. The molecule has 0 radical (unpaired) electrons. The highest BCUT2D eigenvalue weighted by atomic mass is 32.2. The summed E-state index contributed by atoms with van der Waals surface area (Å²) in [5.74, 6) is 2.12. The monoisotopic (exact) mass is 250 g/mol. The van der Waals surface area contributed by atoms with Gasteiger partial charge in [-0.25, -0.2) is 4.98 Å². The van der Waals surface area contributed by atoms with Crippen LogP contribution in [0.2, 0.25) is 0 Å². The van der Waals surface area contributed by atoms with E-state index >= 15 is 0 Å². The van der Waals surface area contributed by atoms with Crippen molar-refractivity contribution in [3.8, 4) is 0 Å². The fourth-order valence-electron chi connectivity index (χ4n) is 2.14. The van der Waals surface area contributed by atoms with Crippen molar-refractivity contribution in [2.24, 2.45) is 0 Å². The SMILES string of the molecule is CCCNc1ccc(CSC2CCCC2)cn1. The Kier molecular flexibility index (Phi) is 5.17. The smallest absolute Gasteiger partial charge is 0.125 e. The maximum absolute atomic E-state index is 4.44. The summed E-state index contributed by atoms with van der Waals surface area (Å²) < 4.78 is 0. The zero-order valence-corrected chi connectivity index (χ0v) is 11.4. The summed E-state index contributed by atoms with van der Waals surface area (Å²) in [5.41, 5.74) is 1.35. The van der Waals surface area contributed by atoms with Gasteiger partial charge in [-0.05, 0) is 30.9 Å². The summed E-state index contributed by atoms with van der Waals surface area (Å²) in [4.78, 5) is 4.44. The van der Waals surface area contributed by atoms with E-state index in [1.165, 1.54) is 31.2 Å². The maximum atomic E-state index is 4.44. The van der Waals surface area contributed by atoms with Crippen LogP contribution in [0.1, 0.15) is 44.6 Å². The van der Waals surface area contributed by atoms with Gasteiger partial charge in [0.15, 0.2) is 0 Å². The minimum atomic E-state index is 0.896. The fourth-order valence-corrected chi connectivity index (χ4v) is 3.40. The molecule has 2 nitrogen and oxygen atoms in total. The van der Waals surface area contributed by atoms with Gasteiger partial charge in [-0.1, -0.05) is 25.8 Å². The van der Waals surface area contributed by atoms with Crippen LogP contribution >= 0.6 is 11.8 Å². The van der Waals surface area contributed by atoms with Crippen molar-refractivity contribution in [2.45, 2.75) is 50.0 Å². The highest BCUT2D eigenvalue weighted by molar-refractivity contribution is 7.99. The van der Waals surface area contributed by atoms with E-state index in [0.29, 0.717) is 0 Å². The number of rotatable bonds is 6. The molecule has 94 valence electrons. The largest absolute Gasteiger partial charge is 0.370 e. The van der Waals surface area contributed by atoms with Crippen LogP contribution in [0.4, 0.5) is 5.82 Å². The van der Waals surface area contributed by atoms with Crippen LogP contribution < -0.4 is 5.32 Å². The van der Waals surface area contributed by atoms with Gasteiger partial charge in [0.2, 0.25) is 0 Å². The van der Waals surface area contributed by atoms with Crippen LogP contribution in [0.25, 0.3) is 0 Å². The predicted octanol–water partition coefficient (Wildman–Crippen LogP) is 4.08. The zero-order valence-electron chi connectivity index (χ0n) is 10.6. The molecule has 1 heterocycles. The van der Waals surface area contributed by atoms with Crippen molar-refractivity contribution in [3.63, 3.8) is 0 Å². The van der Waals surface area contributed by atoms with Gasteiger partial charge in [0.25, 0.3) is 0 Å². The molecule has 2 rings (SSSR count). The van der Waals surface area contributed by atoms with E-state index in [2.05, 4.69) is 41.1 Å². The number of hydrogen-bond donors (Lipinski definition) is 1. The van der Waals surface area contributed by atoms with Crippen LogP contribution in [0.3, 0.4) is 0 Å². The molecule has 0 aliphatic heterocycles. The average molecular weight is 250 g/mol. The van der Waals surface area contributed by atoms with Gasteiger partial charge in [0.1, 0.15) is 5.82 Å². The van der Waals surface area contributed by atoms with Gasteiger partial charge in [0, 0.05) is 23.7 Å². The van der Waals surface area contributed by atoms with Crippen LogP contribution in [0.5, 0.6) is 0 Å². The molecular weight excluding hydrogens is 228 g/mol. The number of nitrogens with one attached hydrogen (secondary N) is 1. The van der Waals surface area contributed by atoms with E-state index in [4.69, 9.17) is 0 Å². The molecule has 1 saturated carbocycles. The number of pyridine rings is 1. The molecular formula is C14H22N2S. The topological polar surface area (TPSA) is 24.9 Å². The lowest BCUT2D eigenvalue weighted by Crippen LogP contribution is -2.02. The lowest BCUT2D eigenvalue weighted by Gasteiger charge is -2.09. The van der Waals surface area contributed by atoms with Gasteiger partial charge < -0.3 is 5.32 Å². The fraction of sp³-hybridized carbons (Fsp3) is 0.643. The van der Waals surface area contributed by atoms with Crippen LogP contribution in [-0.2, 0) is 5.75 Å². The summed E-state index contributed by atoms with van der Waals surface area (Å²) in [6, 6.07) is 4.30. The minimum absolute atomic E-state index is 0.896. The van der Waals surface area contributed by atoms with Crippen LogP contribution in [-0.4, -0.2) is 16.8 Å². The standard InChI is InChI=1S/C14H22N2S/c1-2-9-15-14-8-7-12(10-16-14)11-17-13-5-3-4-6-13/h7-8,10,13H,2-6,9,11H2,1H3,(H,15,16). The van der Waals surface area contributed by atoms with Gasteiger partial charge >= 0.3 is 0 Å². The number of anilines is 1. The third kappa shape index (κ3) is 4.23. The molecule has 3 heteroatoms. The second-order valence-corrected chi connectivity index (χ2v) is 5.98. The molecule has 0 saturated heterocycles. The second kappa shape index (κ2) is 6.90. The molecule has 0 spiro atoms. The summed E-state index contributed by atoms with van der Waals surface area (Å²) in [6.07, 6.45) is 8.83. The van der Waals surface area contributed by atoms with Crippen molar-refractivity contribution in [1.82, 2.24) is 4.98 Å². The number of hydrogen-bond acceptors (Lipinski definition) is 3. The second-order valence-electron chi connectivity index (χ2n) is 4.70. The number of nitrogens with zero attached hydrogens (tertiary/aromatic N) is 1. The van der Waals surface area contributed by atoms with E-state index in [1.807, 2.05) is 6.20 Å². The average Bonchev–Trinajstić information content (AvgIpc) is 2.88. The van der Waals surface area contributed by atoms with E-state index in [-0.39, 0.29) is 0 Å². The Morgan fingerprint density at radius 2 is 2.18 bits per heavy atom. The normalized spacial score (nSPS) is 16.3. The molecule has 0 unspecified atom stereocenters. The predicted molar refractivity (Wildman–Crippen MR) is 76.6 cm³/mol. The first kappa shape index (κ1) is 12.7. The molecule has 1 aromatic rings. The summed E-state index contributed by atoms with van der Waals surface area (Å²) in [7, 11) is 0. The van der Waals surface area contributed by atoms with Crippen molar-refractivity contribution in [3.05, 3.63) is 23.9 Å². The number of aromatic nitrogens is 1. The maximum Gasteiger partial charge on any atom is 0.125 e. The Hall–Kier alpha value is -0.700. The quantitative estimate of drug-likeness (QED) is 0.823. The molecule has 1 aliphatic carbocycles. The lowest BCUT2D eigenvalue weighted by molar-refractivity contribution is 0.886. The van der Waals surface area contributed by atoms with E-state index in [9.17, 15) is 0 Å². The van der Waals surface area contributed by atoms with Crippen molar-refractivity contribution < 1.29 is 0 Å². The van der Waals surface area contributed by atoms with E-state index < -0.39 is 0 Å². The first-order valence-electron chi connectivity index (χ1n) is 6.69. The van der Waals surface area contributed by atoms with Crippen LogP contribution in [0.15, 0.2) is 18.3 Å². The van der Waals surface area contributed by atoms with Gasteiger partial charge in [-0.15, -0.1) is 0 Å². The molecule has 0 aromatic carbocycles. The Bertz CT molecular complexity index is 317. The van der Waals surface area contributed by atoms with Crippen molar-refractivity contribution in [2.75, 3.05) is 11.9 Å². The lowest BCUT2D eigenvalue weighted by atomic mass is 10.3. The molecule has 1 fully saturated rings. The summed E-state index contributed by atoms with van der Waals surface area (Å²) in [6.45, 7) is 3.17. The third-order valence-electron chi connectivity index (χ3n) is 3.17. The van der Waals surface area contributed by atoms with Gasteiger partial charge in [-0.2, -0.15) is 11.8 Å².